The van der Waals surface area contributed by atoms with Crippen LogP contribution in [0.5, 0.6) is 0 Å². The van der Waals surface area contributed by atoms with Crippen LogP contribution in [-0.2, 0) is 0 Å². The van der Waals surface area contributed by atoms with E-state index in [1.807, 2.05) is 6.07 Å². The van der Waals surface area contributed by atoms with E-state index in [1.165, 1.54) is 7.05 Å². The molecule has 0 aliphatic heterocycles. The van der Waals surface area contributed by atoms with Crippen molar-refractivity contribution < 1.29 is 14.4 Å². The summed E-state index contributed by atoms with van der Waals surface area (Å²) < 4.78 is 0. The third kappa shape index (κ3) is 5.20. The van der Waals surface area contributed by atoms with Crippen LogP contribution in [0.4, 0.5) is 21.9 Å². The fourth-order valence-electron chi connectivity index (χ4n) is 2.60. The van der Waals surface area contributed by atoms with Gasteiger partial charge in [0.05, 0.1) is 11.3 Å². The van der Waals surface area contributed by atoms with Gasteiger partial charge in [0.25, 0.3) is 11.8 Å². The lowest BCUT2D eigenvalue weighted by atomic mass is 10.1. The fraction of sp³-hybridized carbons (Fsp3) is 0.0455. The molecule has 0 saturated heterocycles. The van der Waals surface area contributed by atoms with Crippen molar-refractivity contribution in [3.8, 4) is 0 Å². The van der Waals surface area contributed by atoms with Gasteiger partial charge in [-0.25, -0.2) is 4.79 Å². The first-order valence-electron chi connectivity index (χ1n) is 8.92. The number of benzene rings is 3. The van der Waals surface area contributed by atoms with E-state index in [2.05, 4.69) is 21.3 Å². The van der Waals surface area contributed by atoms with E-state index < -0.39 is 0 Å². The molecule has 0 aliphatic carbocycles. The zero-order chi connectivity index (χ0) is 20.6. The average Bonchev–Trinajstić information content (AvgIpc) is 2.76. The minimum Gasteiger partial charge on any atom is -0.341 e. The highest BCUT2D eigenvalue weighted by molar-refractivity contribution is 6.12. The predicted octanol–water partition coefficient (Wildman–Crippen LogP) is 3.94. The van der Waals surface area contributed by atoms with Crippen molar-refractivity contribution in [3.05, 3.63) is 90.0 Å². The average molecular weight is 388 g/mol. The minimum atomic E-state index is -0.360. The van der Waals surface area contributed by atoms with Crippen LogP contribution in [-0.4, -0.2) is 24.9 Å². The summed E-state index contributed by atoms with van der Waals surface area (Å²) in [5, 5.41) is 10.7. The van der Waals surface area contributed by atoms with Crippen LogP contribution in [0, 0.1) is 0 Å². The topological polar surface area (TPSA) is 99.3 Å². The second-order valence-corrected chi connectivity index (χ2v) is 6.10. The van der Waals surface area contributed by atoms with Crippen LogP contribution < -0.4 is 21.3 Å². The van der Waals surface area contributed by atoms with Gasteiger partial charge in [-0.2, -0.15) is 0 Å². The number of anilines is 3. The van der Waals surface area contributed by atoms with Crippen LogP contribution >= 0.6 is 0 Å². The first-order chi connectivity index (χ1) is 14.1. The Balaban J connectivity index is 1.71. The van der Waals surface area contributed by atoms with Gasteiger partial charge in [0, 0.05) is 24.0 Å². The molecule has 29 heavy (non-hydrogen) atoms. The van der Waals surface area contributed by atoms with Crippen molar-refractivity contribution in [1.82, 2.24) is 5.32 Å². The van der Waals surface area contributed by atoms with Crippen LogP contribution in [0.15, 0.2) is 78.9 Å². The Kier molecular flexibility index (Phi) is 6.22. The van der Waals surface area contributed by atoms with Crippen molar-refractivity contribution in [3.63, 3.8) is 0 Å². The molecular formula is C22H20N4O3. The third-order valence-corrected chi connectivity index (χ3v) is 4.08. The number of nitrogens with one attached hydrogen (secondary N) is 4. The number of hydrogen-bond acceptors (Lipinski definition) is 3. The standard InChI is InChI=1S/C22H20N4O3/c1-23-22(29)25-17-13-11-16(12-14-17)24-21(28)18-9-5-6-10-19(18)26-20(27)15-7-3-2-4-8-15/h2-14H,1H3,(H,24,28)(H,26,27)(H2,23,25,29). The smallest absolute Gasteiger partial charge is 0.318 e. The number of urea groups is 1. The zero-order valence-electron chi connectivity index (χ0n) is 15.7. The lowest BCUT2D eigenvalue weighted by Gasteiger charge is -2.12. The molecule has 0 radical (unpaired) electrons. The van der Waals surface area contributed by atoms with Crippen molar-refractivity contribution in [2.45, 2.75) is 0 Å². The predicted molar refractivity (Wildman–Crippen MR) is 113 cm³/mol. The van der Waals surface area contributed by atoms with Crippen molar-refractivity contribution in [2.75, 3.05) is 23.0 Å². The Labute approximate surface area is 168 Å². The van der Waals surface area contributed by atoms with Crippen molar-refractivity contribution >= 4 is 34.9 Å². The summed E-state index contributed by atoms with van der Waals surface area (Å²) in [7, 11) is 1.53. The molecule has 4 N–H and O–H groups in total. The van der Waals surface area contributed by atoms with Gasteiger partial charge < -0.3 is 21.3 Å². The molecule has 3 aromatic rings. The maximum atomic E-state index is 12.7. The highest BCUT2D eigenvalue weighted by atomic mass is 16.2. The third-order valence-electron chi connectivity index (χ3n) is 4.08. The van der Waals surface area contributed by atoms with Crippen molar-refractivity contribution in [1.29, 1.82) is 0 Å². The van der Waals surface area contributed by atoms with Gasteiger partial charge >= 0.3 is 6.03 Å². The Morgan fingerprint density at radius 1 is 0.621 bits per heavy atom. The van der Waals surface area contributed by atoms with E-state index in [1.54, 1.807) is 72.8 Å². The van der Waals surface area contributed by atoms with Gasteiger partial charge in [-0.3, -0.25) is 9.59 Å². The Hall–Kier alpha value is -4.13. The molecule has 4 amide bonds. The first-order valence-corrected chi connectivity index (χ1v) is 8.92. The number of carbonyl (C=O) groups is 3. The zero-order valence-corrected chi connectivity index (χ0v) is 15.7. The Morgan fingerprint density at radius 2 is 1.21 bits per heavy atom. The van der Waals surface area contributed by atoms with E-state index in [9.17, 15) is 14.4 Å². The molecule has 7 nitrogen and oxygen atoms in total. The summed E-state index contributed by atoms with van der Waals surface area (Å²) in [6.45, 7) is 0. The molecule has 0 heterocycles. The molecule has 7 heteroatoms. The molecule has 0 unspecified atom stereocenters. The van der Waals surface area contributed by atoms with Gasteiger partial charge in [-0.1, -0.05) is 30.3 Å². The minimum absolute atomic E-state index is 0.296. The van der Waals surface area contributed by atoms with E-state index in [-0.39, 0.29) is 17.8 Å². The van der Waals surface area contributed by atoms with Gasteiger partial charge in [-0.05, 0) is 48.5 Å². The number of carbonyl (C=O) groups excluding carboxylic acids is 3. The molecule has 0 atom stereocenters. The molecule has 0 saturated carbocycles. The van der Waals surface area contributed by atoms with Crippen LogP contribution in [0.25, 0.3) is 0 Å². The summed E-state index contributed by atoms with van der Waals surface area (Å²) >= 11 is 0. The molecular weight excluding hydrogens is 368 g/mol. The molecule has 0 spiro atoms. The molecule has 0 aliphatic rings. The summed E-state index contributed by atoms with van der Waals surface area (Å²) in [5.41, 5.74) is 2.41. The number of rotatable bonds is 5. The fourth-order valence-corrected chi connectivity index (χ4v) is 2.60. The number of amides is 4. The summed E-state index contributed by atoms with van der Waals surface area (Å²) in [6.07, 6.45) is 0. The first kappa shape index (κ1) is 19.6. The largest absolute Gasteiger partial charge is 0.341 e. The lowest BCUT2D eigenvalue weighted by Crippen LogP contribution is -2.24. The maximum absolute atomic E-state index is 12.7. The van der Waals surface area contributed by atoms with Gasteiger partial charge in [0.2, 0.25) is 0 Å². The van der Waals surface area contributed by atoms with E-state index in [0.717, 1.165) is 0 Å². The van der Waals surface area contributed by atoms with E-state index in [0.29, 0.717) is 28.2 Å². The molecule has 0 fully saturated rings. The Morgan fingerprint density at radius 3 is 1.86 bits per heavy atom. The molecule has 146 valence electrons. The summed E-state index contributed by atoms with van der Waals surface area (Å²) in [4.78, 5) is 36.5. The van der Waals surface area contributed by atoms with E-state index >= 15 is 0 Å². The summed E-state index contributed by atoms with van der Waals surface area (Å²) in [5.74, 6) is -0.656. The van der Waals surface area contributed by atoms with Gasteiger partial charge in [-0.15, -0.1) is 0 Å². The molecule has 3 aromatic carbocycles. The SMILES string of the molecule is CNC(=O)Nc1ccc(NC(=O)c2ccccc2NC(=O)c2ccccc2)cc1. The molecule has 3 rings (SSSR count). The second kappa shape index (κ2) is 9.18. The van der Waals surface area contributed by atoms with Crippen LogP contribution in [0.2, 0.25) is 0 Å². The Bertz CT molecular complexity index is 1020. The van der Waals surface area contributed by atoms with Crippen LogP contribution in [0.3, 0.4) is 0 Å². The van der Waals surface area contributed by atoms with Gasteiger partial charge in [0.1, 0.15) is 0 Å². The van der Waals surface area contributed by atoms with Gasteiger partial charge in [0.15, 0.2) is 0 Å². The van der Waals surface area contributed by atoms with Crippen LogP contribution in [0.1, 0.15) is 20.7 Å². The maximum Gasteiger partial charge on any atom is 0.318 e. The highest BCUT2D eigenvalue weighted by Crippen LogP contribution is 2.19. The second-order valence-electron chi connectivity index (χ2n) is 6.10. The molecule has 0 bridgehead atoms. The highest BCUT2D eigenvalue weighted by Gasteiger charge is 2.14. The lowest BCUT2D eigenvalue weighted by molar-refractivity contribution is 0.102. The van der Waals surface area contributed by atoms with Crippen molar-refractivity contribution in [2.24, 2.45) is 0 Å². The molecule has 0 aromatic heterocycles. The monoisotopic (exact) mass is 388 g/mol. The summed E-state index contributed by atoms with van der Waals surface area (Å²) in [6, 6.07) is 21.9. The van der Waals surface area contributed by atoms with E-state index in [4.69, 9.17) is 0 Å². The number of para-hydroxylation sites is 1. The number of hydrogen-bond donors (Lipinski definition) is 4. The normalized spacial score (nSPS) is 9.97. The quantitative estimate of drug-likeness (QED) is 0.533.